The Balaban J connectivity index is 2.66. The number of ether oxygens (including phenoxy) is 1. The van der Waals surface area contributed by atoms with Crippen LogP contribution >= 0.6 is 22.6 Å². The van der Waals surface area contributed by atoms with Crippen molar-refractivity contribution >= 4 is 28.7 Å². The smallest absolute Gasteiger partial charge is 0.407 e. The van der Waals surface area contributed by atoms with E-state index in [0.717, 1.165) is 0 Å². The first-order valence-electron chi connectivity index (χ1n) is 4.73. The molecule has 1 amide bonds. The summed E-state index contributed by atoms with van der Waals surface area (Å²) in [4.78, 5) is 11.1. The van der Waals surface area contributed by atoms with Gasteiger partial charge in [-0.05, 0) is 11.8 Å². The average Bonchev–Trinajstić information content (AvgIpc) is 2.18. The first kappa shape index (κ1) is 11.8. The third-order valence-corrected chi connectivity index (χ3v) is 4.51. The maximum absolute atomic E-state index is 11.1. The minimum atomic E-state index is -0.342. The van der Waals surface area contributed by atoms with Crippen LogP contribution in [0.4, 0.5) is 4.79 Å². The molecule has 0 saturated carbocycles. The molecule has 0 saturated heterocycles. The maximum atomic E-state index is 11.1. The van der Waals surface area contributed by atoms with Crippen LogP contribution in [0.25, 0.3) is 0 Å². The second kappa shape index (κ2) is 5.00. The Labute approximate surface area is 98.4 Å². The van der Waals surface area contributed by atoms with Gasteiger partial charge >= 0.3 is 6.09 Å². The number of nitrogens with one attached hydrogen (secondary N) is 1. The number of amides is 1. The summed E-state index contributed by atoms with van der Waals surface area (Å²) >= 11 is 2.39. The molecule has 14 heavy (non-hydrogen) atoms. The number of hydrogen-bond acceptors (Lipinski definition) is 2. The van der Waals surface area contributed by atoms with Crippen LogP contribution in [0.3, 0.4) is 0 Å². The van der Waals surface area contributed by atoms with Crippen LogP contribution in [-0.2, 0) is 4.74 Å². The molecule has 4 atom stereocenters. The number of rotatable bonds is 1. The maximum Gasteiger partial charge on any atom is 0.407 e. The highest BCUT2D eigenvalue weighted by Gasteiger charge is 2.31. The molecule has 0 aromatic heterocycles. The highest BCUT2D eigenvalue weighted by Crippen LogP contribution is 2.28. The predicted octanol–water partition coefficient (Wildman–Crippen LogP) is 2.36. The number of methoxy groups -OCH3 is 1. The summed E-state index contributed by atoms with van der Waals surface area (Å²) in [5, 5.41) is 2.88. The van der Waals surface area contributed by atoms with Gasteiger partial charge in [0.25, 0.3) is 0 Å². The van der Waals surface area contributed by atoms with E-state index in [1.54, 1.807) is 0 Å². The van der Waals surface area contributed by atoms with Gasteiger partial charge in [0.05, 0.1) is 13.2 Å². The van der Waals surface area contributed by atoms with Crippen molar-refractivity contribution in [2.45, 2.75) is 23.8 Å². The first-order valence-corrected chi connectivity index (χ1v) is 5.97. The van der Waals surface area contributed by atoms with Gasteiger partial charge in [-0.2, -0.15) is 0 Å². The minimum absolute atomic E-state index is 0.169. The Bertz CT molecular complexity index is 242. The molecule has 0 aromatic rings. The fourth-order valence-corrected chi connectivity index (χ4v) is 2.67. The fourth-order valence-electron chi connectivity index (χ4n) is 1.60. The molecule has 0 unspecified atom stereocenters. The highest BCUT2D eigenvalue weighted by atomic mass is 127. The Morgan fingerprint density at radius 3 is 2.50 bits per heavy atom. The standard InChI is InChI=1S/C10H16INO2/c1-6-4-5-7(2)9(8(6)11)12-10(13)14-3/h4-9H,1-3H3,(H,12,13)/t6-,7-,8-,9-/m1/s1. The normalized spacial score (nSPS) is 36.6. The van der Waals surface area contributed by atoms with Gasteiger partial charge in [0.2, 0.25) is 0 Å². The van der Waals surface area contributed by atoms with Crippen LogP contribution in [0.2, 0.25) is 0 Å². The highest BCUT2D eigenvalue weighted by molar-refractivity contribution is 14.1. The van der Waals surface area contributed by atoms with Crippen LogP contribution in [0.15, 0.2) is 12.2 Å². The summed E-state index contributed by atoms with van der Waals surface area (Å²) < 4.78 is 5.03. The van der Waals surface area contributed by atoms with E-state index >= 15 is 0 Å². The van der Waals surface area contributed by atoms with Gasteiger partial charge in [0.1, 0.15) is 0 Å². The third kappa shape index (κ3) is 2.62. The van der Waals surface area contributed by atoms with Gasteiger partial charge in [0.15, 0.2) is 0 Å². The zero-order valence-corrected chi connectivity index (χ0v) is 10.8. The molecule has 1 rings (SSSR count). The van der Waals surface area contributed by atoms with Crippen molar-refractivity contribution in [1.82, 2.24) is 5.32 Å². The summed E-state index contributed by atoms with van der Waals surface area (Å²) in [6, 6.07) is 0.169. The molecular weight excluding hydrogens is 293 g/mol. The van der Waals surface area contributed by atoms with Crippen LogP contribution in [0, 0.1) is 11.8 Å². The fraction of sp³-hybridized carbons (Fsp3) is 0.700. The topological polar surface area (TPSA) is 38.3 Å². The lowest BCUT2D eigenvalue weighted by Crippen LogP contribution is -2.48. The summed E-state index contributed by atoms with van der Waals surface area (Å²) in [6.07, 6.45) is 4.02. The van der Waals surface area contributed by atoms with E-state index in [1.165, 1.54) is 7.11 Å². The van der Waals surface area contributed by atoms with E-state index in [2.05, 4.69) is 58.6 Å². The van der Waals surface area contributed by atoms with Crippen LogP contribution in [0.1, 0.15) is 13.8 Å². The predicted molar refractivity (Wildman–Crippen MR) is 64.6 cm³/mol. The van der Waals surface area contributed by atoms with Gasteiger partial charge in [-0.1, -0.05) is 48.6 Å². The van der Waals surface area contributed by atoms with Crippen molar-refractivity contribution in [2.75, 3.05) is 7.11 Å². The molecule has 1 N–H and O–H groups in total. The quantitative estimate of drug-likeness (QED) is 0.459. The van der Waals surface area contributed by atoms with Crippen molar-refractivity contribution < 1.29 is 9.53 Å². The molecule has 0 heterocycles. The van der Waals surface area contributed by atoms with Crippen molar-refractivity contribution in [1.29, 1.82) is 0 Å². The van der Waals surface area contributed by atoms with E-state index in [4.69, 9.17) is 0 Å². The number of alkyl halides is 1. The van der Waals surface area contributed by atoms with Gasteiger partial charge < -0.3 is 10.1 Å². The molecule has 0 fully saturated rings. The average molecular weight is 309 g/mol. The lowest BCUT2D eigenvalue weighted by Gasteiger charge is -2.33. The molecule has 0 bridgehead atoms. The summed E-state index contributed by atoms with van der Waals surface area (Å²) in [7, 11) is 1.39. The largest absolute Gasteiger partial charge is 0.453 e. The molecule has 0 radical (unpaired) electrons. The SMILES string of the molecule is COC(=O)N[C@H]1[C@H](I)[C@H](C)C=C[C@H]1C. The second-order valence-electron chi connectivity index (χ2n) is 3.71. The van der Waals surface area contributed by atoms with Gasteiger partial charge in [-0.3, -0.25) is 0 Å². The molecule has 80 valence electrons. The molecule has 1 aliphatic rings. The van der Waals surface area contributed by atoms with E-state index in [1.807, 2.05) is 0 Å². The molecule has 0 aliphatic heterocycles. The van der Waals surface area contributed by atoms with E-state index in [-0.39, 0.29) is 12.1 Å². The number of alkyl carbamates (subject to hydrolysis) is 1. The zero-order valence-electron chi connectivity index (χ0n) is 8.66. The molecule has 0 spiro atoms. The number of hydrogen-bond donors (Lipinski definition) is 1. The third-order valence-electron chi connectivity index (χ3n) is 2.60. The summed E-state index contributed by atoms with van der Waals surface area (Å²) in [5.74, 6) is 0.862. The number of halogens is 1. The van der Waals surface area contributed by atoms with E-state index in [0.29, 0.717) is 15.8 Å². The number of carbonyl (C=O) groups excluding carboxylic acids is 1. The van der Waals surface area contributed by atoms with Gasteiger partial charge in [-0.15, -0.1) is 0 Å². The van der Waals surface area contributed by atoms with Crippen molar-refractivity contribution in [3.8, 4) is 0 Å². The monoisotopic (exact) mass is 309 g/mol. The second-order valence-corrected chi connectivity index (χ2v) is 5.15. The summed E-state index contributed by atoms with van der Waals surface area (Å²) in [6.45, 7) is 4.26. The lowest BCUT2D eigenvalue weighted by atomic mass is 9.86. The molecular formula is C10H16INO2. The minimum Gasteiger partial charge on any atom is -0.453 e. The van der Waals surface area contributed by atoms with Crippen LogP contribution < -0.4 is 5.32 Å². The Morgan fingerprint density at radius 1 is 1.36 bits per heavy atom. The zero-order chi connectivity index (χ0) is 10.7. The van der Waals surface area contributed by atoms with Gasteiger partial charge in [0, 0.05) is 3.92 Å². The molecule has 4 heteroatoms. The van der Waals surface area contributed by atoms with E-state index < -0.39 is 0 Å². The van der Waals surface area contributed by atoms with Crippen molar-refractivity contribution in [3.05, 3.63) is 12.2 Å². The molecule has 0 aromatic carbocycles. The Hall–Kier alpha value is -0.260. The van der Waals surface area contributed by atoms with Crippen LogP contribution in [0.5, 0.6) is 0 Å². The lowest BCUT2D eigenvalue weighted by molar-refractivity contribution is 0.162. The van der Waals surface area contributed by atoms with Crippen molar-refractivity contribution in [2.24, 2.45) is 11.8 Å². The molecule has 1 aliphatic carbocycles. The Morgan fingerprint density at radius 2 is 1.93 bits per heavy atom. The number of carbonyl (C=O) groups is 1. The first-order chi connectivity index (χ1) is 6.56. The van der Waals surface area contributed by atoms with Crippen LogP contribution in [-0.4, -0.2) is 23.2 Å². The van der Waals surface area contributed by atoms with Crippen molar-refractivity contribution in [3.63, 3.8) is 0 Å². The Kier molecular flexibility index (Phi) is 4.22. The van der Waals surface area contributed by atoms with Gasteiger partial charge in [-0.25, -0.2) is 4.79 Å². The molecule has 3 nitrogen and oxygen atoms in total. The van der Waals surface area contributed by atoms with E-state index in [9.17, 15) is 4.79 Å². The number of allylic oxidation sites excluding steroid dienone is 1. The summed E-state index contributed by atoms with van der Waals surface area (Å²) in [5.41, 5.74) is 0.